The van der Waals surface area contributed by atoms with E-state index in [0.717, 1.165) is 64.9 Å². The summed E-state index contributed by atoms with van der Waals surface area (Å²) in [5.41, 5.74) is 1.33. The van der Waals surface area contributed by atoms with Crippen LogP contribution in [0, 0.1) is 5.92 Å². The van der Waals surface area contributed by atoms with E-state index in [1.165, 1.54) is 5.56 Å². The number of aromatic nitrogens is 2. The van der Waals surface area contributed by atoms with Crippen LogP contribution in [0.3, 0.4) is 0 Å². The van der Waals surface area contributed by atoms with E-state index in [1.54, 1.807) is 0 Å². The highest BCUT2D eigenvalue weighted by atomic mass is 16.5. The number of hydrogen-bond acceptors (Lipinski definition) is 4. The maximum Gasteiger partial charge on any atom is 0.194 e. The van der Waals surface area contributed by atoms with Crippen LogP contribution in [0.2, 0.25) is 0 Å². The van der Waals surface area contributed by atoms with Gasteiger partial charge in [0.15, 0.2) is 5.96 Å². The number of likely N-dealkylation sites (tertiary alicyclic amines) is 1. The molecular formula is C24H36N6O. The van der Waals surface area contributed by atoms with Crippen molar-refractivity contribution in [1.82, 2.24) is 24.7 Å². The van der Waals surface area contributed by atoms with Crippen molar-refractivity contribution in [1.29, 1.82) is 0 Å². The number of nitrogens with zero attached hydrogens (tertiary/aromatic N) is 5. The van der Waals surface area contributed by atoms with Crippen molar-refractivity contribution in [2.75, 3.05) is 52.5 Å². The molecule has 3 atom stereocenters. The Bertz CT molecular complexity index is 803. The summed E-state index contributed by atoms with van der Waals surface area (Å²) in [5.74, 6) is 1.65. The normalized spacial score (nSPS) is 24.2. The lowest BCUT2D eigenvalue weighted by Crippen LogP contribution is -2.49. The lowest BCUT2D eigenvalue weighted by molar-refractivity contribution is 0.0179. The summed E-state index contributed by atoms with van der Waals surface area (Å²) >= 11 is 0. The summed E-state index contributed by atoms with van der Waals surface area (Å²) in [7, 11) is 0. The molecule has 0 radical (unpaired) electrons. The summed E-state index contributed by atoms with van der Waals surface area (Å²) < 4.78 is 7.85. The first-order valence-electron chi connectivity index (χ1n) is 11.6. The van der Waals surface area contributed by atoms with Gasteiger partial charge in [-0.15, -0.1) is 0 Å². The number of benzene rings is 1. The van der Waals surface area contributed by atoms with Crippen LogP contribution in [0.15, 0.2) is 54.0 Å². The van der Waals surface area contributed by atoms with Gasteiger partial charge in [-0.3, -0.25) is 9.89 Å². The lowest BCUT2D eigenvalue weighted by Gasteiger charge is -2.39. The molecule has 1 aromatic heterocycles. The second kappa shape index (κ2) is 10.8. The largest absolute Gasteiger partial charge is 0.379 e. The molecule has 3 unspecified atom stereocenters. The van der Waals surface area contributed by atoms with Crippen molar-refractivity contribution in [2.24, 2.45) is 10.9 Å². The Balaban J connectivity index is 1.52. The fraction of sp³-hybridized carbons (Fsp3) is 0.583. The summed E-state index contributed by atoms with van der Waals surface area (Å²) in [6.07, 6.45) is 7.05. The van der Waals surface area contributed by atoms with E-state index in [9.17, 15) is 0 Å². The number of nitrogens with one attached hydrogen (secondary N) is 1. The van der Waals surface area contributed by atoms with Crippen LogP contribution < -0.4 is 5.32 Å². The quantitative estimate of drug-likeness (QED) is 0.571. The Morgan fingerprint density at radius 3 is 2.74 bits per heavy atom. The van der Waals surface area contributed by atoms with Crippen LogP contribution in [0.5, 0.6) is 0 Å². The number of rotatable bonds is 6. The molecule has 2 aromatic rings. The molecule has 7 heteroatoms. The van der Waals surface area contributed by atoms with Crippen LogP contribution in [-0.2, 0) is 4.74 Å². The van der Waals surface area contributed by atoms with Gasteiger partial charge in [0, 0.05) is 45.1 Å². The highest BCUT2D eigenvalue weighted by Crippen LogP contribution is 2.28. The third-order valence-electron chi connectivity index (χ3n) is 6.55. The van der Waals surface area contributed by atoms with E-state index < -0.39 is 0 Å². The van der Waals surface area contributed by atoms with Gasteiger partial charge in [-0.2, -0.15) is 0 Å². The number of ether oxygens (including phenoxy) is 1. The minimum Gasteiger partial charge on any atom is -0.379 e. The van der Waals surface area contributed by atoms with Crippen molar-refractivity contribution in [3.05, 3.63) is 54.6 Å². The molecule has 2 aliphatic rings. The van der Waals surface area contributed by atoms with Crippen molar-refractivity contribution in [3.8, 4) is 0 Å². The van der Waals surface area contributed by atoms with Crippen LogP contribution >= 0.6 is 0 Å². The zero-order valence-corrected chi connectivity index (χ0v) is 18.9. The van der Waals surface area contributed by atoms with Gasteiger partial charge in [0.25, 0.3) is 0 Å². The van der Waals surface area contributed by atoms with Gasteiger partial charge < -0.3 is 19.5 Å². The first kappa shape index (κ1) is 21.8. The second-order valence-electron chi connectivity index (χ2n) is 8.56. The van der Waals surface area contributed by atoms with Gasteiger partial charge in [0.05, 0.1) is 38.2 Å². The average Bonchev–Trinajstić information content (AvgIpc) is 3.35. The fourth-order valence-electron chi connectivity index (χ4n) is 4.69. The highest BCUT2D eigenvalue weighted by Gasteiger charge is 2.29. The summed E-state index contributed by atoms with van der Waals surface area (Å²) in [6, 6.07) is 11.5. The number of aliphatic imine (C=N–C) groups is 1. The first-order chi connectivity index (χ1) is 15.3. The molecule has 0 spiro atoms. The Kier molecular flexibility index (Phi) is 7.59. The average molecular weight is 425 g/mol. The molecule has 168 valence electrons. The Labute approximate surface area is 186 Å². The molecule has 0 saturated carbocycles. The number of piperidine rings is 1. The van der Waals surface area contributed by atoms with Gasteiger partial charge in [0.1, 0.15) is 0 Å². The van der Waals surface area contributed by atoms with E-state index in [1.807, 2.05) is 12.5 Å². The predicted octanol–water partition coefficient (Wildman–Crippen LogP) is 2.81. The molecule has 3 heterocycles. The lowest BCUT2D eigenvalue weighted by atomic mass is 9.93. The monoisotopic (exact) mass is 424 g/mol. The van der Waals surface area contributed by atoms with Crippen LogP contribution in [-0.4, -0.2) is 77.8 Å². The molecule has 31 heavy (non-hydrogen) atoms. The van der Waals surface area contributed by atoms with E-state index in [4.69, 9.17) is 9.73 Å². The van der Waals surface area contributed by atoms with Gasteiger partial charge in [-0.25, -0.2) is 4.98 Å². The third-order valence-corrected chi connectivity index (χ3v) is 6.55. The summed E-state index contributed by atoms with van der Waals surface area (Å²) in [6.45, 7) is 11.6. The van der Waals surface area contributed by atoms with E-state index >= 15 is 0 Å². The minimum absolute atomic E-state index is 0.270. The second-order valence-corrected chi connectivity index (χ2v) is 8.56. The number of guanidine groups is 1. The Morgan fingerprint density at radius 2 is 2.03 bits per heavy atom. The van der Waals surface area contributed by atoms with Gasteiger partial charge in [-0.1, -0.05) is 37.3 Å². The summed E-state index contributed by atoms with van der Waals surface area (Å²) in [4.78, 5) is 14.4. The minimum atomic E-state index is 0.270. The smallest absolute Gasteiger partial charge is 0.194 e. The predicted molar refractivity (Wildman–Crippen MR) is 124 cm³/mol. The summed E-state index contributed by atoms with van der Waals surface area (Å²) in [5, 5.41) is 3.55. The van der Waals surface area contributed by atoms with Crippen molar-refractivity contribution >= 4 is 5.96 Å². The number of morpholine rings is 1. The van der Waals surface area contributed by atoms with Gasteiger partial charge >= 0.3 is 0 Å². The molecule has 2 saturated heterocycles. The van der Waals surface area contributed by atoms with Crippen LogP contribution in [0.1, 0.15) is 37.9 Å². The Morgan fingerprint density at radius 1 is 1.23 bits per heavy atom. The molecule has 2 aliphatic heterocycles. The van der Waals surface area contributed by atoms with Gasteiger partial charge in [0.2, 0.25) is 0 Å². The molecule has 0 amide bonds. The maximum absolute atomic E-state index is 5.60. The number of imidazole rings is 1. The zero-order chi connectivity index (χ0) is 21.5. The molecule has 1 aromatic carbocycles. The number of hydrogen-bond donors (Lipinski definition) is 1. The van der Waals surface area contributed by atoms with E-state index in [0.29, 0.717) is 12.0 Å². The molecule has 2 fully saturated rings. The van der Waals surface area contributed by atoms with E-state index in [-0.39, 0.29) is 6.04 Å². The molecule has 0 aliphatic carbocycles. The molecule has 7 nitrogen and oxygen atoms in total. The molecule has 1 N–H and O–H groups in total. The van der Waals surface area contributed by atoms with Crippen molar-refractivity contribution < 1.29 is 4.74 Å². The standard InChI is InChI=1S/C24H36N6O/c1-3-26-24(29-11-9-20(2)23(18-29)30-12-10-25-19-30)27-17-22(21-7-5-4-6-8-21)28-13-15-31-16-14-28/h4-8,10,12,19-20,22-23H,3,9,11,13-18H2,1-2H3,(H,26,27). The highest BCUT2D eigenvalue weighted by molar-refractivity contribution is 5.80. The molecule has 0 bridgehead atoms. The topological polar surface area (TPSA) is 57.9 Å². The SMILES string of the molecule is CCNC(=NCC(c1ccccc1)N1CCOCC1)N1CCC(C)C(n2ccnc2)C1. The first-order valence-corrected chi connectivity index (χ1v) is 11.6. The van der Waals surface area contributed by atoms with Crippen molar-refractivity contribution in [2.45, 2.75) is 32.4 Å². The van der Waals surface area contributed by atoms with E-state index in [2.05, 4.69) is 75.0 Å². The van der Waals surface area contributed by atoms with Crippen LogP contribution in [0.25, 0.3) is 0 Å². The van der Waals surface area contributed by atoms with Gasteiger partial charge in [-0.05, 0) is 24.8 Å². The maximum atomic E-state index is 5.60. The van der Waals surface area contributed by atoms with Crippen molar-refractivity contribution in [3.63, 3.8) is 0 Å². The zero-order valence-electron chi connectivity index (χ0n) is 18.9. The molecular weight excluding hydrogens is 388 g/mol. The Hall–Kier alpha value is -2.38. The fourth-order valence-corrected chi connectivity index (χ4v) is 4.69. The third kappa shape index (κ3) is 5.46. The van der Waals surface area contributed by atoms with Crippen LogP contribution in [0.4, 0.5) is 0 Å². The molecule has 4 rings (SSSR count).